The van der Waals surface area contributed by atoms with Crippen molar-refractivity contribution in [1.82, 2.24) is 5.48 Å². The molecule has 1 amide bonds. The van der Waals surface area contributed by atoms with Crippen LogP contribution in [0.25, 0.3) is 0 Å². The minimum absolute atomic E-state index is 0.729. The molecular weight excluding hydrogens is 157 g/mol. The highest BCUT2D eigenvalue weighted by Gasteiger charge is 2.39. The van der Waals surface area contributed by atoms with Crippen LogP contribution in [0.4, 0.5) is 13.2 Å². The zero-order valence-electron chi connectivity index (χ0n) is 4.31. The second kappa shape index (κ2) is 2.99. The average Bonchev–Trinajstić information content (AvgIpc) is 1.80. The summed E-state index contributed by atoms with van der Waals surface area (Å²) in [6.45, 7) is 0. The number of rotatable bonds is 2. The first-order valence-corrected chi connectivity index (χ1v) is 1.84. The number of hydroxylamine groups is 1. The van der Waals surface area contributed by atoms with E-state index in [0.29, 0.717) is 0 Å². The van der Waals surface area contributed by atoms with Gasteiger partial charge in [0.1, 0.15) is 0 Å². The van der Waals surface area contributed by atoms with Crippen LogP contribution >= 0.6 is 0 Å². The molecule has 0 saturated carbocycles. The van der Waals surface area contributed by atoms with E-state index in [4.69, 9.17) is 4.91 Å². The van der Waals surface area contributed by atoms with Crippen molar-refractivity contribution < 1.29 is 22.9 Å². The summed E-state index contributed by atoms with van der Waals surface area (Å²) in [5.74, 6) is -2.38. The summed E-state index contributed by atoms with van der Waals surface area (Å²) < 4.78 is 33.4. The molecule has 0 heterocycles. The topological polar surface area (TPSA) is 67.8 Å². The molecule has 0 aliphatic heterocycles. The quantitative estimate of drug-likeness (QED) is 0.463. The maximum absolute atomic E-state index is 11.1. The molecule has 0 atom stereocenters. The largest absolute Gasteiger partial charge is 0.474 e. The second-order valence-electron chi connectivity index (χ2n) is 1.09. The second-order valence-corrected chi connectivity index (χ2v) is 1.09. The summed E-state index contributed by atoms with van der Waals surface area (Å²) in [5, 5.41) is 1.51. The highest BCUT2D eigenvalue weighted by molar-refractivity contribution is 5.80. The molecule has 0 fully saturated rings. The van der Waals surface area contributed by atoms with E-state index in [2.05, 4.69) is 4.94 Å². The zero-order chi connectivity index (χ0) is 8.20. The van der Waals surface area contributed by atoms with E-state index in [9.17, 15) is 18.0 Å². The molecule has 0 unspecified atom stereocenters. The van der Waals surface area contributed by atoms with Gasteiger partial charge in [0.05, 0.1) is 0 Å². The Morgan fingerprint density at radius 2 is 2.00 bits per heavy atom. The van der Waals surface area contributed by atoms with Gasteiger partial charge in [0.15, 0.2) is 5.34 Å². The van der Waals surface area contributed by atoms with E-state index in [1.807, 2.05) is 0 Å². The van der Waals surface area contributed by atoms with Crippen LogP contribution in [0.15, 0.2) is 5.34 Å². The van der Waals surface area contributed by atoms with E-state index >= 15 is 0 Å². The number of amides is 1. The number of nitrogens with one attached hydrogen (secondary N) is 1. The molecule has 5 nitrogen and oxygen atoms in total. The maximum Gasteiger partial charge on any atom is 0.474 e. The van der Waals surface area contributed by atoms with Gasteiger partial charge in [-0.1, -0.05) is 0 Å². The van der Waals surface area contributed by atoms with E-state index in [-0.39, 0.29) is 0 Å². The van der Waals surface area contributed by atoms with Gasteiger partial charge in [0, 0.05) is 0 Å². The van der Waals surface area contributed by atoms with Gasteiger partial charge >= 0.3 is 12.1 Å². The molecule has 0 aliphatic rings. The van der Waals surface area contributed by atoms with Gasteiger partial charge in [-0.25, -0.2) is 4.94 Å². The molecule has 58 valence electrons. The Balaban J connectivity index is 3.74. The number of nitrogens with zero attached hydrogens (tertiary/aromatic N) is 1. The van der Waals surface area contributed by atoms with Crippen molar-refractivity contribution in [3.63, 3.8) is 0 Å². The van der Waals surface area contributed by atoms with Gasteiger partial charge in [-0.3, -0.25) is 4.79 Å². The van der Waals surface area contributed by atoms with Crippen molar-refractivity contribution in [2.24, 2.45) is 5.34 Å². The molecule has 0 saturated heterocycles. The average molecular weight is 158 g/mol. The molecule has 0 bridgehead atoms. The van der Waals surface area contributed by atoms with Gasteiger partial charge in [-0.2, -0.15) is 18.7 Å². The van der Waals surface area contributed by atoms with Crippen LogP contribution in [0.1, 0.15) is 0 Å². The summed E-state index contributed by atoms with van der Waals surface area (Å²) in [6.07, 6.45) is -5.06. The lowest BCUT2D eigenvalue weighted by Crippen LogP contribution is -2.35. The van der Waals surface area contributed by atoms with Crippen LogP contribution in [-0.4, -0.2) is 12.1 Å². The highest BCUT2D eigenvalue weighted by atomic mass is 19.4. The van der Waals surface area contributed by atoms with E-state index in [1.54, 1.807) is 0 Å². The van der Waals surface area contributed by atoms with E-state index < -0.39 is 12.1 Å². The molecule has 8 heteroatoms. The molecule has 10 heavy (non-hydrogen) atoms. The van der Waals surface area contributed by atoms with Gasteiger partial charge < -0.3 is 0 Å². The number of alkyl halides is 3. The van der Waals surface area contributed by atoms with Crippen molar-refractivity contribution in [3.8, 4) is 0 Å². The minimum Gasteiger partial charge on any atom is -0.261 e. The van der Waals surface area contributed by atoms with E-state index in [1.165, 1.54) is 5.34 Å². The van der Waals surface area contributed by atoms with Crippen LogP contribution in [0, 0.1) is 4.91 Å². The predicted molar refractivity (Wildman–Crippen MR) is 21.1 cm³/mol. The summed E-state index contributed by atoms with van der Waals surface area (Å²) in [5.41, 5.74) is 0.729. The fourth-order valence-electron chi connectivity index (χ4n) is 0.118. The van der Waals surface area contributed by atoms with Crippen molar-refractivity contribution in [1.29, 1.82) is 0 Å². The molecule has 0 aliphatic carbocycles. The molecule has 0 aromatic rings. The molecule has 1 N–H and O–H groups in total. The minimum atomic E-state index is -5.06. The first-order chi connectivity index (χ1) is 4.48. The Morgan fingerprint density at radius 3 is 2.30 bits per heavy atom. The summed E-state index contributed by atoms with van der Waals surface area (Å²) >= 11 is 0. The lowest BCUT2D eigenvalue weighted by Gasteiger charge is -2.01. The fourth-order valence-corrected chi connectivity index (χ4v) is 0.118. The number of carbonyl (C=O) groups excluding carboxylic acids is 1. The molecule has 0 radical (unpaired) electrons. The standard InChI is InChI=1S/C2HF3N2O3/c3-2(4,5)1(8)6-10-7-9/h(H,6,8). The zero-order valence-corrected chi connectivity index (χ0v) is 4.31. The summed E-state index contributed by atoms with van der Waals surface area (Å²) in [7, 11) is 0. The van der Waals surface area contributed by atoms with Crippen molar-refractivity contribution >= 4 is 5.91 Å². The Bertz CT molecular complexity index is 143. The third-order valence-corrected chi connectivity index (χ3v) is 0.433. The lowest BCUT2D eigenvalue weighted by molar-refractivity contribution is -0.186. The van der Waals surface area contributed by atoms with Crippen molar-refractivity contribution in [2.45, 2.75) is 6.18 Å². The third kappa shape index (κ3) is 2.84. The van der Waals surface area contributed by atoms with Crippen molar-refractivity contribution in [3.05, 3.63) is 4.91 Å². The molecular formula is C2HF3N2O3. The number of carbonyl (C=O) groups is 1. The molecule has 0 rings (SSSR count). The first-order valence-electron chi connectivity index (χ1n) is 1.84. The monoisotopic (exact) mass is 158 g/mol. The van der Waals surface area contributed by atoms with Crippen LogP contribution < -0.4 is 5.48 Å². The van der Waals surface area contributed by atoms with Gasteiger partial charge in [0.2, 0.25) is 0 Å². The highest BCUT2D eigenvalue weighted by Crippen LogP contribution is 2.13. The van der Waals surface area contributed by atoms with Crippen LogP contribution in [0.2, 0.25) is 0 Å². The van der Waals surface area contributed by atoms with Crippen molar-refractivity contribution in [2.75, 3.05) is 0 Å². The molecule has 0 spiro atoms. The summed E-state index contributed by atoms with van der Waals surface area (Å²) in [6, 6.07) is 0. The SMILES string of the molecule is O=NONC(=O)C(F)(F)F. The fraction of sp³-hybridized carbons (Fsp3) is 0.500. The normalized spacial score (nSPS) is 10.3. The number of hydrogen-bond acceptors (Lipinski definition) is 4. The third-order valence-electron chi connectivity index (χ3n) is 0.433. The maximum atomic E-state index is 11.1. The van der Waals surface area contributed by atoms with Crippen LogP contribution in [0.5, 0.6) is 0 Å². The summed E-state index contributed by atoms with van der Waals surface area (Å²) in [4.78, 5) is 21.7. The van der Waals surface area contributed by atoms with Crippen LogP contribution in [0.3, 0.4) is 0 Å². The Labute approximate surface area is 52.0 Å². The van der Waals surface area contributed by atoms with E-state index in [0.717, 1.165) is 5.48 Å². The smallest absolute Gasteiger partial charge is 0.261 e. The Kier molecular flexibility index (Phi) is 2.59. The molecule has 0 aromatic heterocycles. The number of hydrogen-bond donors (Lipinski definition) is 1. The lowest BCUT2D eigenvalue weighted by atomic mass is 10.6. The molecule has 0 aromatic carbocycles. The Hall–Kier alpha value is -1.34. The Morgan fingerprint density at radius 1 is 1.50 bits per heavy atom. The first kappa shape index (κ1) is 8.66. The predicted octanol–water partition coefficient (Wildman–Crippen LogP) is 0.278. The van der Waals surface area contributed by atoms with Gasteiger partial charge in [0.25, 0.3) is 0 Å². The van der Waals surface area contributed by atoms with Crippen LogP contribution in [-0.2, 0) is 9.73 Å². The number of halogens is 3. The van der Waals surface area contributed by atoms with Gasteiger partial charge in [-0.05, 0) is 0 Å². The van der Waals surface area contributed by atoms with Gasteiger partial charge in [-0.15, -0.1) is 4.91 Å².